The molecule has 2 heterocycles. The van der Waals surface area contributed by atoms with Gasteiger partial charge < -0.3 is 15.8 Å². The molecule has 2 aliphatic heterocycles. The van der Waals surface area contributed by atoms with Gasteiger partial charge in [-0.3, -0.25) is 4.90 Å². The van der Waals surface area contributed by atoms with Crippen molar-refractivity contribution in [2.75, 3.05) is 26.2 Å². The summed E-state index contributed by atoms with van der Waals surface area (Å²) in [6.45, 7) is 5.61. The monoisotopic (exact) mass is 213 g/mol. The zero-order valence-electron chi connectivity index (χ0n) is 9.11. The van der Waals surface area contributed by atoms with Crippen LogP contribution in [-0.2, 0) is 4.74 Å². The van der Waals surface area contributed by atoms with Crippen LogP contribution < -0.4 is 11.1 Å². The normalized spacial score (nSPS) is 37.5. The lowest BCUT2D eigenvalue weighted by Crippen LogP contribution is -2.49. The number of carbonyl (C=O) groups is 1. The zero-order valence-corrected chi connectivity index (χ0v) is 9.11. The highest BCUT2D eigenvalue weighted by Gasteiger charge is 2.28. The summed E-state index contributed by atoms with van der Waals surface area (Å²) in [4.78, 5) is 13.1. The van der Waals surface area contributed by atoms with Crippen LogP contribution in [-0.4, -0.2) is 49.3 Å². The Morgan fingerprint density at radius 1 is 1.60 bits per heavy atom. The van der Waals surface area contributed by atoms with Crippen molar-refractivity contribution in [2.45, 2.75) is 25.5 Å². The lowest BCUT2D eigenvalue weighted by molar-refractivity contribution is 0.0845. The molecule has 2 aliphatic rings. The maximum atomic E-state index is 10.8. The van der Waals surface area contributed by atoms with Crippen LogP contribution in [0.2, 0.25) is 0 Å². The van der Waals surface area contributed by atoms with Gasteiger partial charge in [-0.05, 0) is 12.3 Å². The third-order valence-corrected chi connectivity index (χ3v) is 2.98. The van der Waals surface area contributed by atoms with E-state index in [9.17, 15) is 4.79 Å². The number of hydrogen-bond acceptors (Lipinski definition) is 4. The molecule has 3 N–H and O–H groups in total. The van der Waals surface area contributed by atoms with Crippen molar-refractivity contribution in [1.29, 1.82) is 0 Å². The van der Waals surface area contributed by atoms with Crippen molar-refractivity contribution in [3.05, 3.63) is 0 Å². The largest absolute Gasteiger partial charge is 0.443 e. The lowest BCUT2D eigenvalue weighted by Gasteiger charge is -2.35. The van der Waals surface area contributed by atoms with Gasteiger partial charge in [0.05, 0.1) is 6.54 Å². The molecule has 2 rings (SSSR count). The molecule has 3 unspecified atom stereocenters. The van der Waals surface area contributed by atoms with Crippen molar-refractivity contribution >= 4 is 6.09 Å². The van der Waals surface area contributed by atoms with Gasteiger partial charge in [0.2, 0.25) is 0 Å². The van der Waals surface area contributed by atoms with Gasteiger partial charge in [0.15, 0.2) is 0 Å². The molecule has 5 heteroatoms. The number of amides is 1. The molecule has 0 radical (unpaired) electrons. The average Bonchev–Trinajstić information content (AvgIpc) is 2.49. The summed E-state index contributed by atoms with van der Waals surface area (Å²) >= 11 is 0. The molecule has 86 valence electrons. The second-order valence-corrected chi connectivity index (χ2v) is 4.73. The summed E-state index contributed by atoms with van der Waals surface area (Å²) in [6.07, 6.45) is 0.795. The van der Waals surface area contributed by atoms with Gasteiger partial charge >= 0.3 is 6.09 Å². The number of rotatable bonds is 2. The predicted octanol–water partition coefficient (Wildman–Crippen LogP) is -0.236. The molecule has 2 saturated heterocycles. The number of hydrogen-bond donors (Lipinski definition) is 2. The van der Waals surface area contributed by atoms with Crippen LogP contribution in [0.1, 0.15) is 13.3 Å². The fraction of sp³-hybridized carbons (Fsp3) is 0.900. The van der Waals surface area contributed by atoms with E-state index in [1.54, 1.807) is 0 Å². The molecule has 0 bridgehead atoms. The van der Waals surface area contributed by atoms with E-state index in [0.717, 1.165) is 26.1 Å². The number of alkyl carbamates (subject to hydrolysis) is 1. The van der Waals surface area contributed by atoms with Gasteiger partial charge in [-0.25, -0.2) is 4.79 Å². The van der Waals surface area contributed by atoms with Crippen LogP contribution in [0.25, 0.3) is 0 Å². The predicted molar refractivity (Wildman–Crippen MR) is 56.5 cm³/mol. The van der Waals surface area contributed by atoms with Gasteiger partial charge in [-0.15, -0.1) is 0 Å². The van der Waals surface area contributed by atoms with E-state index >= 15 is 0 Å². The van der Waals surface area contributed by atoms with Gasteiger partial charge in [0.25, 0.3) is 0 Å². The van der Waals surface area contributed by atoms with Crippen molar-refractivity contribution in [3.8, 4) is 0 Å². The molecule has 0 aromatic rings. The molecule has 3 atom stereocenters. The molecule has 0 spiro atoms. The van der Waals surface area contributed by atoms with E-state index in [1.165, 1.54) is 0 Å². The Morgan fingerprint density at radius 2 is 2.40 bits per heavy atom. The van der Waals surface area contributed by atoms with E-state index in [-0.39, 0.29) is 18.2 Å². The molecule has 0 aromatic carbocycles. The quantitative estimate of drug-likeness (QED) is 0.664. The Kier molecular flexibility index (Phi) is 3.11. The van der Waals surface area contributed by atoms with Gasteiger partial charge in [-0.1, -0.05) is 6.92 Å². The fourth-order valence-corrected chi connectivity index (χ4v) is 2.48. The van der Waals surface area contributed by atoms with E-state index in [1.807, 2.05) is 0 Å². The Bertz CT molecular complexity index is 237. The van der Waals surface area contributed by atoms with Gasteiger partial charge in [0.1, 0.15) is 6.10 Å². The van der Waals surface area contributed by atoms with E-state index in [0.29, 0.717) is 12.5 Å². The summed E-state index contributed by atoms with van der Waals surface area (Å²) in [7, 11) is 0. The van der Waals surface area contributed by atoms with Gasteiger partial charge in [-0.2, -0.15) is 0 Å². The maximum absolute atomic E-state index is 10.8. The molecule has 0 aromatic heterocycles. The molecule has 0 saturated carbocycles. The second-order valence-electron chi connectivity index (χ2n) is 4.73. The number of carbonyl (C=O) groups excluding carboxylic acids is 1. The molecule has 5 nitrogen and oxygen atoms in total. The Labute approximate surface area is 89.9 Å². The SMILES string of the molecule is CC1CC(N)CN(CC2CNC(=O)O2)C1. The first-order valence-corrected chi connectivity index (χ1v) is 5.56. The first kappa shape index (κ1) is 10.7. The van der Waals surface area contributed by atoms with Crippen LogP contribution in [0.15, 0.2) is 0 Å². The van der Waals surface area contributed by atoms with Crippen LogP contribution in [0.4, 0.5) is 4.79 Å². The lowest BCUT2D eigenvalue weighted by atomic mass is 9.96. The smallest absolute Gasteiger partial charge is 0.407 e. The number of likely N-dealkylation sites (tertiary alicyclic amines) is 1. The highest BCUT2D eigenvalue weighted by Crippen LogP contribution is 2.16. The highest BCUT2D eigenvalue weighted by molar-refractivity contribution is 5.69. The minimum absolute atomic E-state index is 0.00463. The summed E-state index contributed by atoms with van der Waals surface area (Å²) < 4.78 is 5.10. The standard InChI is InChI=1S/C10H19N3O2/c1-7-2-8(11)5-13(4-7)6-9-3-12-10(14)15-9/h7-9H,2-6,11H2,1H3,(H,12,14). The van der Waals surface area contributed by atoms with Crippen molar-refractivity contribution in [1.82, 2.24) is 10.2 Å². The molecule has 15 heavy (non-hydrogen) atoms. The number of nitrogens with zero attached hydrogens (tertiary/aromatic N) is 1. The number of ether oxygens (including phenoxy) is 1. The minimum Gasteiger partial charge on any atom is -0.443 e. The summed E-state index contributed by atoms with van der Waals surface area (Å²) in [5, 5.41) is 2.66. The minimum atomic E-state index is -0.297. The average molecular weight is 213 g/mol. The topological polar surface area (TPSA) is 67.6 Å². The third-order valence-electron chi connectivity index (χ3n) is 2.98. The first-order valence-electron chi connectivity index (χ1n) is 5.56. The van der Waals surface area contributed by atoms with E-state index in [4.69, 9.17) is 10.5 Å². The number of piperidine rings is 1. The number of nitrogens with one attached hydrogen (secondary N) is 1. The van der Waals surface area contributed by atoms with E-state index in [2.05, 4.69) is 17.1 Å². The van der Waals surface area contributed by atoms with Crippen LogP contribution >= 0.6 is 0 Å². The zero-order chi connectivity index (χ0) is 10.8. The van der Waals surface area contributed by atoms with Crippen LogP contribution in [0.5, 0.6) is 0 Å². The Morgan fingerprint density at radius 3 is 3.00 bits per heavy atom. The van der Waals surface area contributed by atoms with Crippen molar-refractivity contribution in [2.24, 2.45) is 11.7 Å². The molecule has 1 amide bonds. The highest BCUT2D eigenvalue weighted by atomic mass is 16.6. The van der Waals surface area contributed by atoms with Crippen LogP contribution in [0.3, 0.4) is 0 Å². The summed E-state index contributed by atoms with van der Waals surface area (Å²) in [5.41, 5.74) is 5.95. The van der Waals surface area contributed by atoms with E-state index < -0.39 is 0 Å². The molecule has 0 aliphatic carbocycles. The van der Waals surface area contributed by atoms with Crippen molar-refractivity contribution < 1.29 is 9.53 Å². The third kappa shape index (κ3) is 2.82. The Hall–Kier alpha value is -0.810. The summed E-state index contributed by atoms with van der Waals surface area (Å²) in [5.74, 6) is 0.638. The second kappa shape index (κ2) is 4.37. The maximum Gasteiger partial charge on any atom is 0.407 e. The molecular weight excluding hydrogens is 194 g/mol. The molecule has 2 fully saturated rings. The Balaban J connectivity index is 1.81. The molecular formula is C10H19N3O2. The number of cyclic esters (lactones) is 1. The van der Waals surface area contributed by atoms with Gasteiger partial charge in [0, 0.05) is 25.7 Å². The fourth-order valence-electron chi connectivity index (χ4n) is 2.48. The number of nitrogens with two attached hydrogens (primary N) is 1. The van der Waals surface area contributed by atoms with Crippen molar-refractivity contribution in [3.63, 3.8) is 0 Å². The summed E-state index contributed by atoms with van der Waals surface area (Å²) in [6, 6.07) is 0.263. The first-order chi connectivity index (χ1) is 7.13. The van der Waals surface area contributed by atoms with Crippen LogP contribution in [0, 0.1) is 5.92 Å².